The van der Waals surface area contributed by atoms with E-state index < -0.39 is 5.25 Å². The molecule has 1 heterocycles. The van der Waals surface area contributed by atoms with E-state index >= 15 is 0 Å². The molecule has 0 unspecified atom stereocenters. The maximum absolute atomic E-state index is 12.2. The van der Waals surface area contributed by atoms with Gasteiger partial charge in [0.25, 0.3) is 0 Å². The van der Waals surface area contributed by atoms with Crippen molar-refractivity contribution < 1.29 is 9.59 Å². The van der Waals surface area contributed by atoms with Gasteiger partial charge in [-0.15, -0.1) is 0 Å². The molecule has 1 saturated heterocycles. The topological polar surface area (TPSA) is 70.6 Å². The van der Waals surface area contributed by atoms with Gasteiger partial charge >= 0.3 is 0 Å². The van der Waals surface area contributed by atoms with Crippen LogP contribution in [0.3, 0.4) is 0 Å². The number of halogens is 1. The Bertz CT molecular complexity index is 762. The smallest absolute Gasteiger partial charge is 0.240 e. The van der Waals surface area contributed by atoms with E-state index in [0.29, 0.717) is 27.7 Å². The molecule has 2 fully saturated rings. The number of nitrogens with zero attached hydrogens (tertiary/aromatic N) is 1. The summed E-state index contributed by atoms with van der Waals surface area (Å²) < 4.78 is 0. The van der Waals surface area contributed by atoms with E-state index in [1.165, 1.54) is 18.2 Å². The van der Waals surface area contributed by atoms with Crippen LogP contribution in [-0.4, -0.2) is 28.3 Å². The fraction of sp³-hybridized carbons (Fsp3) is 0.389. The normalized spacial score (nSPS) is 31.6. The van der Waals surface area contributed by atoms with Crippen molar-refractivity contribution in [2.45, 2.75) is 30.6 Å². The first kappa shape index (κ1) is 16.7. The van der Waals surface area contributed by atoms with Gasteiger partial charge in [0, 0.05) is 17.1 Å². The minimum Gasteiger partial charge on any atom is -0.326 e. The summed E-state index contributed by atoms with van der Waals surface area (Å²) in [7, 11) is 0. The van der Waals surface area contributed by atoms with Gasteiger partial charge in [0.05, 0.1) is 6.04 Å². The number of thioether (sulfide) groups is 1. The van der Waals surface area contributed by atoms with Crippen molar-refractivity contribution in [1.82, 2.24) is 5.32 Å². The second kappa shape index (κ2) is 6.84. The third-order valence-corrected chi connectivity index (χ3v) is 6.15. The van der Waals surface area contributed by atoms with Crippen LogP contribution >= 0.6 is 23.4 Å². The molecule has 0 spiro atoms. The SMILES string of the molecule is O=C(C[C@H]1SC(=N[C@@H]2C[C@@H]3C=C[C@@H]2C3)NC1=O)Nc1ccc(Cl)cc1. The van der Waals surface area contributed by atoms with Crippen LogP contribution in [0.1, 0.15) is 19.3 Å². The first-order valence-corrected chi connectivity index (χ1v) is 9.61. The van der Waals surface area contributed by atoms with Crippen molar-refractivity contribution in [3.63, 3.8) is 0 Å². The third kappa shape index (κ3) is 3.75. The molecule has 4 rings (SSSR count). The van der Waals surface area contributed by atoms with E-state index in [9.17, 15) is 9.59 Å². The van der Waals surface area contributed by atoms with Crippen LogP contribution in [0, 0.1) is 11.8 Å². The summed E-state index contributed by atoms with van der Waals surface area (Å²) in [6.07, 6.45) is 6.86. The highest BCUT2D eigenvalue weighted by Gasteiger charge is 2.38. The van der Waals surface area contributed by atoms with Gasteiger partial charge in [-0.05, 0) is 48.9 Å². The van der Waals surface area contributed by atoms with Gasteiger partial charge in [0.1, 0.15) is 5.25 Å². The number of benzene rings is 1. The summed E-state index contributed by atoms with van der Waals surface area (Å²) in [5.74, 6) is 0.803. The average molecular weight is 376 g/mol. The Morgan fingerprint density at radius 2 is 2.08 bits per heavy atom. The predicted molar refractivity (Wildman–Crippen MR) is 101 cm³/mol. The van der Waals surface area contributed by atoms with Crippen LogP contribution in [0.15, 0.2) is 41.4 Å². The van der Waals surface area contributed by atoms with Crippen molar-refractivity contribution >= 4 is 46.0 Å². The Balaban J connectivity index is 1.33. The molecule has 2 bridgehead atoms. The number of nitrogens with one attached hydrogen (secondary N) is 2. The molecule has 1 aliphatic heterocycles. The van der Waals surface area contributed by atoms with Crippen molar-refractivity contribution in [1.29, 1.82) is 0 Å². The molecule has 25 heavy (non-hydrogen) atoms. The van der Waals surface area contributed by atoms with Gasteiger partial charge < -0.3 is 10.6 Å². The summed E-state index contributed by atoms with van der Waals surface area (Å²) in [5.41, 5.74) is 0.667. The van der Waals surface area contributed by atoms with E-state index in [-0.39, 0.29) is 24.3 Å². The van der Waals surface area contributed by atoms with Crippen LogP contribution in [0.25, 0.3) is 0 Å². The number of hydrogen-bond donors (Lipinski definition) is 2. The maximum atomic E-state index is 12.2. The molecule has 5 nitrogen and oxygen atoms in total. The summed E-state index contributed by atoms with van der Waals surface area (Å²) in [5, 5.41) is 6.44. The van der Waals surface area contributed by atoms with E-state index in [2.05, 4.69) is 22.8 Å². The molecule has 3 aliphatic rings. The number of allylic oxidation sites excluding steroid dienone is 1. The number of carbonyl (C=O) groups excluding carboxylic acids is 2. The summed E-state index contributed by atoms with van der Waals surface area (Å²) in [4.78, 5) is 29.0. The fourth-order valence-electron chi connectivity index (χ4n) is 3.57. The van der Waals surface area contributed by atoms with Crippen LogP contribution in [-0.2, 0) is 9.59 Å². The number of aliphatic imine (C=N–C) groups is 1. The number of amides is 2. The Hall–Kier alpha value is -1.79. The lowest BCUT2D eigenvalue weighted by atomic mass is 10.0. The zero-order chi connectivity index (χ0) is 17.4. The lowest BCUT2D eigenvalue weighted by Gasteiger charge is -2.13. The third-order valence-electron chi connectivity index (χ3n) is 4.80. The number of fused-ring (bicyclic) bond motifs is 2. The largest absolute Gasteiger partial charge is 0.326 e. The van der Waals surface area contributed by atoms with Gasteiger partial charge in [-0.3, -0.25) is 14.6 Å². The summed E-state index contributed by atoms with van der Waals surface area (Å²) >= 11 is 7.19. The second-order valence-corrected chi connectivity index (χ2v) is 8.26. The Kier molecular flexibility index (Phi) is 4.56. The highest BCUT2D eigenvalue weighted by atomic mass is 35.5. The molecule has 2 aliphatic carbocycles. The molecule has 4 atom stereocenters. The van der Waals surface area contributed by atoms with E-state index in [4.69, 9.17) is 16.6 Å². The molecule has 0 radical (unpaired) electrons. The highest BCUT2D eigenvalue weighted by Crippen LogP contribution is 2.41. The van der Waals surface area contributed by atoms with Gasteiger partial charge in [0.2, 0.25) is 11.8 Å². The molecule has 0 aromatic heterocycles. The van der Waals surface area contributed by atoms with Crippen LogP contribution in [0.5, 0.6) is 0 Å². The first-order chi connectivity index (χ1) is 12.1. The number of carbonyl (C=O) groups is 2. The molecular weight excluding hydrogens is 358 g/mol. The second-order valence-electron chi connectivity index (χ2n) is 6.64. The van der Waals surface area contributed by atoms with E-state index in [0.717, 1.165) is 6.42 Å². The summed E-state index contributed by atoms with van der Waals surface area (Å²) in [6, 6.07) is 7.15. The quantitative estimate of drug-likeness (QED) is 0.794. The Labute approximate surface area is 155 Å². The van der Waals surface area contributed by atoms with Crippen molar-refractivity contribution in [3.05, 3.63) is 41.4 Å². The Morgan fingerprint density at radius 1 is 1.28 bits per heavy atom. The molecular formula is C18H18ClN3O2S. The average Bonchev–Trinajstić information content (AvgIpc) is 3.27. The lowest BCUT2D eigenvalue weighted by Crippen LogP contribution is -2.28. The van der Waals surface area contributed by atoms with Crippen molar-refractivity contribution in [2.24, 2.45) is 16.8 Å². The number of anilines is 1. The molecule has 7 heteroatoms. The van der Waals surface area contributed by atoms with Gasteiger partial charge in [-0.25, -0.2) is 0 Å². The van der Waals surface area contributed by atoms with Crippen LogP contribution < -0.4 is 10.6 Å². The monoisotopic (exact) mass is 375 g/mol. The van der Waals surface area contributed by atoms with Gasteiger partial charge in [0.15, 0.2) is 5.17 Å². The highest BCUT2D eigenvalue weighted by molar-refractivity contribution is 8.15. The number of amidine groups is 1. The minimum absolute atomic E-state index is 0.120. The van der Waals surface area contributed by atoms with Crippen molar-refractivity contribution in [2.75, 3.05) is 5.32 Å². The standard InChI is InChI=1S/C18H18ClN3O2S/c19-12-3-5-13(6-4-12)20-16(23)9-15-17(24)22-18(25-15)21-14-8-10-1-2-11(14)7-10/h1-6,10-11,14-15H,7-9H2,(H,20,23)(H,21,22,24)/t10-,11-,14-,15-/m1/s1. The lowest BCUT2D eigenvalue weighted by molar-refractivity contribution is -0.122. The molecule has 1 saturated carbocycles. The van der Waals surface area contributed by atoms with Gasteiger partial charge in [-0.2, -0.15) is 0 Å². The number of rotatable bonds is 4. The van der Waals surface area contributed by atoms with Crippen molar-refractivity contribution in [3.8, 4) is 0 Å². The predicted octanol–water partition coefficient (Wildman–Crippen LogP) is 3.22. The van der Waals surface area contributed by atoms with Crippen LogP contribution in [0.4, 0.5) is 5.69 Å². The molecule has 2 N–H and O–H groups in total. The van der Waals surface area contributed by atoms with Gasteiger partial charge in [-0.1, -0.05) is 35.5 Å². The Morgan fingerprint density at radius 3 is 2.76 bits per heavy atom. The molecule has 1 aromatic carbocycles. The van der Waals surface area contributed by atoms with E-state index in [1.54, 1.807) is 24.3 Å². The fourth-order valence-corrected chi connectivity index (χ4v) is 4.72. The first-order valence-electron chi connectivity index (χ1n) is 8.36. The zero-order valence-electron chi connectivity index (χ0n) is 13.4. The molecule has 1 aromatic rings. The van der Waals surface area contributed by atoms with E-state index in [1.807, 2.05) is 0 Å². The molecule has 2 amide bonds. The maximum Gasteiger partial charge on any atom is 0.240 e. The molecule has 130 valence electrons. The summed E-state index contributed by atoms with van der Waals surface area (Å²) in [6.45, 7) is 0. The minimum atomic E-state index is -0.430. The number of hydrogen-bond acceptors (Lipinski definition) is 4. The zero-order valence-corrected chi connectivity index (χ0v) is 15.0. The van der Waals surface area contributed by atoms with Crippen LogP contribution in [0.2, 0.25) is 5.02 Å².